The van der Waals surface area contributed by atoms with Crippen LogP contribution in [0.4, 0.5) is 0 Å². The minimum atomic E-state index is -1.17. The molecule has 2 aliphatic rings. The second-order valence-electron chi connectivity index (χ2n) is 4.01. The van der Waals surface area contributed by atoms with Crippen molar-refractivity contribution in [1.82, 2.24) is 0 Å². The van der Waals surface area contributed by atoms with E-state index in [9.17, 15) is 9.90 Å². The Morgan fingerprint density at radius 2 is 2.00 bits per heavy atom. The summed E-state index contributed by atoms with van der Waals surface area (Å²) in [6.07, 6.45) is 6.36. The van der Waals surface area contributed by atoms with Gasteiger partial charge in [0.15, 0.2) is 0 Å². The Morgan fingerprint density at radius 1 is 1.29 bits per heavy atom. The van der Waals surface area contributed by atoms with Crippen LogP contribution in [0.3, 0.4) is 0 Å². The molecular formula is C10H14NO3-. The van der Waals surface area contributed by atoms with E-state index in [1.807, 2.05) is 0 Å². The lowest BCUT2D eigenvalue weighted by atomic mass is 9.86. The van der Waals surface area contributed by atoms with Crippen LogP contribution in [0.2, 0.25) is 0 Å². The zero-order valence-corrected chi connectivity index (χ0v) is 8.07. The van der Waals surface area contributed by atoms with E-state index >= 15 is 0 Å². The number of fused-ring (bicyclic) bond motifs is 1. The number of hydrogen-bond acceptors (Lipinski definition) is 4. The maximum Gasteiger partial charge on any atom is 0.136 e. The largest absolute Gasteiger partial charge is 0.543 e. The van der Waals surface area contributed by atoms with E-state index in [0.717, 1.165) is 25.7 Å². The molecule has 0 saturated heterocycles. The van der Waals surface area contributed by atoms with E-state index in [0.29, 0.717) is 0 Å². The highest BCUT2D eigenvalue weighted by Crippen LogP contribution is 2.30. The number of hydrogen-bond donors (Lipinski definition) is 0. The molecule has 0 amide bonds. The van der Waals surface area contributed by atoms with Crippen LogP contribution in [0.25, 0.3) is 0 Å². The topological polar surface area (TPSA) is 61.7 Å². The molecule has 4 heteroatoms. The minimum Gasteiger partial charge on any atom is -0.543 e. The molecule has 2 rings (SSSR count). The lowest BCUT2D eigenvalue weighted by Crippen LogP contribution is -2.38. The molecule has 1 fully saturated rings. The van der Waals surface area contributed by atoms with Crippen molar-refractivity contribution in [3.8, 4) is 0 Å². The van der Waals surface area contributed by atoms with Gasteiger partial charge in [-0.3, -0.25) is 0 Å². The SMILES string of the molecule is O=C([O-])C1=NO[C@@H]2CCCCCC[C@@H]12. The molecule has 1 aliphatic heterocycles. The van der Waals surface area contributed by atoms with Gasteiger partial charge in [0.05, 0.1) is 5.97 Å². The number of carbonyl (C=O) groups excluding carboxylic acids is 1. The van der Waals surface area contributed by atoms with Crippen molar-refractivity contribution in [2.45, 2.75) is 44.6 Å². The van der Waals surface area contributed by atoms with Crippen LogP contribution in [-0.2, 0) is 9.63 Å². The van der Waals surface area contributed by atoms with Crippen LogP contribution in [0.15, 0.2) is 5.16 Å². The van der Waals surface area contributed by atoms with Crippen molar-refractivity contribution in [2.24, 2.45) is 11.1 Å². The number of carboxylic acids is 1. The van der Waals surface area contributed by atoms with Crippen molar-refractivity contribution >= 4 is 11.7 Å². The number of aliphatic carboxylic acids is 1. The molecule has 14 heavy (non-hydrogen) atoms. The van der Waals surface area contributed by atoms with E-state index in [1.54, 1.807) is 0 Å². The zero-order chi connectivity index (χ0) is 9.97. The van der Waals surface area contributed by atoms with Crippen molar-refractivity contribution < 1.29 is 14.7 Å². The summed E-state index contributed by atoms with van der Waals surface area (Å²) in [5.41, 5.74) is 0.122. The molecule has 0 aromatic carbocycles. The van der Waals surface area contributed by atoms with Gasteiger partial charge in [0, 0.05) is 5.92 Å². The second-order valence-corrected chi connectivity index (χ2v) is 4.01. The van der Waals surface area contributed by atoms with Crippen LogP contribution >= 0.6 is 0 Å². The molecule has 2 atom stereocenters. The van der Waals surface area contributed by atoms with Gasteiger partial charge in [-0.15, -0.1) is 0 Å². The zero-order valence-electron chi connectivity index (χ0n) is 8.07. The molecule has 0 N–H and O–H groups in total. The van der Waals surface area contributed by atoms with Crippen LogP contribution in [0.5, 0.6) is 0 Å². The van der Waals surface area contributed by atoms with Gasteiger partial charge >= 0.3 is 0 Å². The molecule has 1 heterocycles. The van der Waals surface area contributed by atoms with E-state index in [1.165, 1.54) is 12.8 Å². The minimum absolute atomic E-state index is 0.0109. The van der Waals surface area contributed by atoms with Crippen LogP contribution < -0.4 is 5.11 Å². The number of rotatable bonds is 1. The van der Waals surface area contributed by atoms with Gasteiger partial charge in [0.25, 0.3) is 0 Å². The molecule has 0 aromatic rings. The fourth-order valence-electron chi connectivity index (χ4n) is 2.27. The van der Waals surface area contributed by atoms with Crippen LogP contribution in [-0.4, -0.2) is 17.8 Å². The smallest absolute Gasteiger partial charge is 0.136 e. The number of carbonyl (C=O) groups is 1. The second kappa shape index (κ2) is 3.98. The number of oxime groups is 1. The highest BCUT2D eigenvalue weighted by atomic mass is 16.6. The predicted octanol–water partition coefficient (Wildman–Crippen LogP) is 0.461. The van der Waals surface area contributed by atoms with Gasteiger partial charge in [-0.25, -0.2) is 0 Å². The Bertz CT molecular complexity index is 262. The Hall–Kier alpha value is -1.06. The molecule has 0 radical (unpaired) electrons. The van der Waals surface area contributed by atoms with E-state index in [2.05, 4.69) is 5.16 Å². The molecule has 0 spiro atoms. The average Bonchev–Trinajstić information content (AvgIpc) is 2.47. The van der Waals surface area contributed by atoms with Crippen molar-refractivity contribution in [3.05, 3.63) is 0 Å². The molecule has 0 bridgehead atoms. The normalized spacial score (nSPS) is 32.1. The number of nitrogens with zero attached hydrogens (tertiary/aromatic N) is 1. The summed E-state index contributed by atoms with van der Waals surface area (Å²) in [7, 11) is 0. The Labute approximate surface area is 82.9 Å². The van der Waals surface area contributed by atoms with Gasteiger partial charge in [-0.2, -0.15) is 0 Å². The third-order valence-electron chi connectivity index (χ3n) is 3.05. The fraction of sp³-hybridized carbons (Fsp3) is 0.800. The van der Waals surface area contributed by atoms with Crippen molar-refractivity contribution in [2.75, 3.05) is 0 Å². The van der Waals surface area contributed by atoms with Gasteiger partial charge in [0.1, 0.15) is 11.8 Å². The van der Waals surface area contributed by atoms with Gasteiger partial charge in [-0.05, 0) is 19.3 Å². The first-order chi connectivity index (χ1) is 6.79. The first kappa shape index (κ1) is 9.49. The standard InChI is InChI=1S/C10H15NO3/c12-10(13)9-7-5-3-1-2-4-6-8(7)14-11-9/h7-8H,1-6H2,(H,12,13)/p-1/t7-,8-/m1/s1. The number of carboxylic acid groups (broad SMARTS) is 1. The third kappa shape index (κ3) is 1.74. The summed E-state index contributed by atoms with van der Waals surface area (Å²) < 4.78 is 0. The van der Waals surface area contributed by atoms with Crippen molar-refractivity contribution in [1.29, 1.82) is 0 Å². The average molecular weight is 196 g/mol. The monoisotopic (exact) mass is 196 g/mol. The molecule has 0 aromatic heterocycles. The third-order valence-corrected chi connectivity index (χ3v) is 3.05. The van der Waals surface area contributed by atoms with Gasteiger partial charge in [-0.1, -0.05) is 24.4 Å². The van der Waals surface area contributed by atoms with E-state index in [4.69, 9.17) is 4.84 Å². The quantitative estimate of drug-likeness (QED) is 0.612. The molecule has 4 nitrogen and oxygen atoms in total. The molecule has 78 valence electrons. The fourth-order valence-corrected chi connectivity index (χ4v) is 2.27. The first-order valence-corrected chi connectivity index (χ1v) is 5.24. The van der Waals surface area contributed by atoms with Crippen LogP contribution in [0.1, 0.15) is 38.5 Å². The summed E-state index contributed by atoms with van der Waals surface area (Å²) in [6.45, 7) is 0. The Kier molecular flexibility index (Phi) is 2.70. The summed E-state index contributed by atoms with van der Waals surface area (Å²) in [5.74, 6) is -1.20. The maximum absolute atomic E-state index is 10.7. The molecule has 1 saturated carbocycles. The lowest BCUT2D eigenvalue weighted by Gasteiger charge is -2.21. The van der Waals surface area contributed by atoms with Crippen LogP contribution in [0, 0.1) is 5.92 Å². The summed E-state index contributed by atoms with van der Waals surface area (Å²) in [4.78, 5) is 15.9. The summed E-state index contributed by atoms with van der Waals surface area (Å²) in [5, 5.41) is 14.4. The lowest BCUT2D eigenvalue weighted by molar-refractivity contribution is -0.294. The maximum atomic E-state index is 10.7. The molecule has 0 unspecified atom stereocenters. The Balaban J connectivity index is 2.07. The summed E-state index contributed by atoms with van der Waals surface area (Å²) >= 11 is 0. The van der Waals surface area contributed by atoms with E-state index in [-0.39, 0.29) is 17.7 Å². The van der Waals surface area contributed by atoms with Gasteiger partial charge < -0.3 is 14.7 Å². The summed E-state index contributed by atoms with van der Waals surface area (Å²) in [6, 6.07) is 0. The predicted molar refractivity (Wildman–Crippen MR) is 48.5 cm³/mol. The molecule has 1 aliphatic carbocycles. The van der Waals surface area contributed by atoms with E-state index < -0.39 is 5.97 Å². The highest BCUT2D eigenvalue weighted by Gasteiger charge is 2.34. The van der Waals surface area contributed by atoms with Gasteiger partial charge in [0.2, 0.25) is 0 Å². The molecular weight excluding hydrogens is 182 g/mol. The first-order valence-electron chi connectivity index (χ1n) is 5.24. The highest BCUT2D eigenvalue weighted by molar-refractivity contribution is 6.35. The Morgan fingerprint density at radius 3 is 2.71 bits per heavy atom. The van der Waals surface area contributed by atoms with Crippen molar-refractivity contribution in [3.63, 3.8) is 0 Å².